The molecule has 3 rings (SSSR count). The Kier molecular flexibility index (Phi) is 33.3. The maximum absolute atomic E-state index is 11.4. The van der Waals surface area contributed by atoms with Crippen LogP contribution in [-0.4, -0.2) is 75.8 Å². The molecule has 1 aromatic heterocycles. The molecule has 0 aliphatic rings. The molecule has 0 spiro atoms. The normalized spacial score (nSPS) is 8.66. The van der Waals surface area contributed by atoms with Crippen LogP contribution < -0.4 is 40.4 Å². The minimum absolute atomic E-state index is 0. The minimum Gasteiger partial charge on any atom is -0.550 e. The van der Waals surface area contributed by atoms with Gasteiger partial charge in [0.1, 0.15) is 6.92 Å². The maximum atomic E-state index is 11.4. The summed E-state index contributed by atoms with van der Waals surface area (Å²) in [5.74, 6) is -2.75. The largest absolute Gasteiger partial charge is 1.00 e. The first-order chi connectivity index (χ1) is 21.1. The monoisotopic (exact) mass is 831 g/mol. The molecular formula is C29H35Br2ClN4NaO9S+. The summed E-state index contributed by atoms with van der Waals surface area (Å²) in [6.45, 7) is 7.61. The summed E-state index contributed by atoms with van der Waals surface area (Å²) in [6.07, 6.45) is 3.27. The van der Waals surface area contributed by atoms with Gasteiger partial charge in [-0.1, -0.05) is 56.1 Å². The topological polar surface area (TPSA) is 226 Å². The van der Waals surface area contributed by atoms with Crippen molar-refractivity contribution >= 4 is 90.7 Å². The van der Waals surface area contributed by atoms with Crippen molar-refractivity contribution in [2.75, 3.05) is 26.0 Å². The number of Topliss-reactive ketones (excluding diaryl/α,β-unsaturated/α-hetero) is 1. The zero-order valence-electron chi connectivity index (χ0n) is 26.3. The van der Waals surface area contributed by atoms with Gasteiger partial charge < -0.3 is 35.2 Å². The number of esters is 2. The summed E-state index contributed by atoms with van der Waals surface area (Å²) in [5.41, 5.74) is 7.60. The van der Waals surface area contributed by atoms with E-state index in [0.717, 1.165) is 45.8 Å². The fourth-order valence-corrected chi connectivity index (χ4v) is 3.15. The molecule has 0 amide bonds. The molecule has 18 heteroatoms. The fraction of sp³-hybridized carbons (Fsp3) is 0.241. The average Bonchev–Trinajstić information content (AvgIpc) is 3.48. The Labute approximate surface area is 322 Å². The second-order valence-corrected chi connectivity index (χ2v) is 10.3. The number of nitrogens with one attached hydrogen (secondary N) is 2. The number of aromatic nitrogens is 2. The predicted octanol–water partition coefficient (Wildman–Crippen LogP) is 1.58. The molecule has 0 bridgehead atoms. The van der Waals surface area contributed by atoms with E-state index in [1.165, 1.54) is 0 Å². The Morgan fingerprint density at radius 1 is 1.02 bits per heavy atom. The first-order valence-corrected chi connectivity index (χ1v) is 15.4. The number of nitrogens with two attached hydrogens (primary N) is 1. The molecule has 0 radical (unpaired) electrons. The Hall–Kier alpha value is -2.70. The summed E-state index contributed by atoms with van der Waals surface area (Å²) in [7, 11) is 0. The van der Waals surface area contributed by atoms with Crippen LogP contribution in [0.2, 0.25) is 0 Å². The molecule has 47 heavy (non-hydrogen) atoms. The van der Waals surface area contributed by atoms with Crippen molar-refractivity contribution < 1.29 is 73.2 Å². The van der Waals surface area contributed by atoms with E-state index in [1.807, 2.05) is 36.4 Å². The summed E-state index contributed by atoms with van der Waals surface area (Å²) >= 11 is 7.69. The Morgan fingerprint density at radius 2 is 1.47 bits per heavy atom. The van der Waals surface area contributed by atoms with Gasteiger partial charge in [0, 0.05) is 27.4 Å². The van der Waals surface area contributed by atoms with Crippen molar-refractivity contribution in [3.05, 3.63) is 82.0 Å². The van der Waals surface area contributed by atoms with E-state index in [1.54, 1.807) is 31.5 Å². The van der Waals surface area contributed by atoms with Gasteiger partial charge in [-0.05, 0) is 49.9 Å². The van der Waals surface area contributed by atoms with E-state index >= 15 is 0 Å². The number of aromatic amines is 1. The van der Waals surface area contributed by atoms with Gasteiger partial charge in [-0.3, -0.25) is 15.0 Å². The molecule has 3 aromatic rings. The van der Waals surface area contributed by atoms with E-state index in [-0.39, 0.29) is 71.8 Å². The van der Waals surface area contributed by atoms with E-state index in [0.29, 0.717) is 12.2 Å². The molecule has 2 aromatic carbocycles. The van der Waals surface area contributed by atoms with Crippen molar-refractivity contribution in [3.63, 3.8) is 0 Å². The van der Waals surface area contributed by atoms with Crippen molar-refractivity contribution in [2.45, 2.75) is 20.8 Å². The molecule has 0 fully saturated rings. The smallest absolute Gasteiger partial charge is 0.550 e. The first kappa shape index (κ1) is 51.1. The number of rotatable bonds is 6. The summed E-state index contributed by atoms with van der Waals surface area (Å²) in [6, 6.07) is 14.9. The number of hydrogen-bond acceptors (Lipinski definition) is 12. The number of benzene rings is 2. The molecule has 0 aliphatic carbocycles. The third-order valence-corrected chi connectivity index (χ3v) is 5.81. The number of thioether (sulfide) groups is 1. The van der Waals surface area contributed by atoms with Crippen LogP contribution in [-0.2, 0) is 23.9 Å². The van der Waals surface area contributed by atoms with Crippen molar-refractivity contribution in [1.82, 2.24) is 9.97 Å². The Bertz CT molecular complexity index is 1360. The third-order valence-electron chi connectivity index (χ3n) is 4.17. The number of hydrogen-bond donors (Lipinski definition) is 4. The zero-order valence-corrected chi connectivity index (χ0v) is 33.1. The first-order valence-electron chi connectivity index (χ1n) is 12.6. The van der Waals surface area contributed by atoms with Gasteiger partial charge in [0.05, 0.1) is 25.0 Å². The average molecular weight is 834 g/mol. The van der Waals surface area contributed by atoms with Crippen LogP contribution in [0.1, 0.15) is 41.7 Å². The number of H-pyrrole nitrogens is 1. The molecule has 0 aliphatic heterocycles. The molecule has 252 valence electrons. The van der Waals surface area contributed by atoms with Gasteiger partial charge in [0.2, 0.25) is 12.4 Å². The molecule has 13 nitrogen and oxygen atoms in total. The Morgan fingerprint density at radius 3 is 1.85 bits per heavy atom. The molecule has 5 N–H and O–H groups in total. The van der Waals surface area contributed by atoms with Crippen LogP contribution in [0.3, 0.4) is 0 Å². The van der Waals surface area contributed by atoms with E-state index in [2.05, 4.69) is 53.5 Å². The van der Waals surface area contributed by atoms with Crippen LogP contribution in [0.4, 0.5) is 0 Å². The van der Waals surface area contributed by atoms with Crippen molar-refractivity contribution in [1.29, 1.82) is 5.41 Å². The number of ether oxygens (including phenoxy) is 2. The van der Waals surface area contributed by atoms with Gasteiger partial charge in [-0.25, -0.2) is 14.6 Å². The van der Waals surface area contributed by atoms with Crippen LogP contribution >= 0.6 is 56.0 Å². The number of carbonyl (C=O) groups excluding carboxylic acids is 4. The SMILES string of the molecule is CC(=O)O.CC(=O)[O-].CCOC(=O)c1ncc(-c2ccc(Br)cc2)[nH]1.Cl.NCC(=O)c1ccc(Br)cc1.[CH2+]COC(=O)C(=N)SC.[Na+]. The summed E-state index contributed by atoms with van der Waals surface area (Å²) < 4.78 is 11.2. The van der Waals surface area contributed by atoms with E-state index < -0.39 is 23.9 Å². The molecule has 0 saturated heterocycles. The van der Waals surface area contributed by atoms with E-state index in [9.17, 15) is 14.4 Å². The molecular weight excluding hydrogens is 799 g/mol. The number of carboxylic acid groups (broad SMARTS) is 2. The predicted molar refractivity (Wildman–Crippen MR) is 184 cm³/mol. The van der Waals surface area contributed by atoms with Crippen molar-refractivity contribution in [3.8, 4) is 11.3 Å². The molecule has 0 unspecified atom stereocenters. The zero-order chi connectivity index (χ0) is 34.9. The minimum atomic E-state index is -1.08. The molecule has 0 atom stereocenters. The van der Waals surface area contributed by atoms with Gasteiger partial charge >= 0.3 is 41.5 Å². The number of carbonyl (C=O) groups is 5. The van der Waals surface area contributed by atoms with Crippen LogP contribution in [0, 0.1) is 12.3 Å². The second-order valence-electron chi connectivity index (χ2n) is 7.69. The molecule has 1 heterocycles. The number of aliphatic carboxylic acids is 2. The van der Waals surface area contributed by atoms with Crippen LogP contribution in [0.15, 0.2) is 63.7 Å². The summed E-state index contributed by atoms with van der Waals surface area (Å²) in [4.78, 5) is 57.7. The van der Waals surface area contributed by atoms with Crippen LogP contribution in [0.5, 0.6) is 0 Å². The van der Waals surface area contributed by atoms with Gasteiger partial charge in [0.15, 0.2) is 10.8 Å². The number of imidazole rings is 1. The number of halogens is 3. The van der Waals surface area contributed by atoms with Gasteiger partial charge in [-0.2, -0.15) is 0 Å². The van der Waals surface area contributed by atoms with E-state index in [4.69, 9.17) is 35.7 Å². The maximum Gasteiger partial charge on any atom is 1.00 e. The standard InChI is InChI=1S/C12H11BrN2O2.C8H8BrNO.C5H8NO2S.2C2H4O2.ClH.Na/c1-2-17-12(16)11-14-7-10(15-11)8-3-5-9(13)6-4-8;9-7-3-1-6(2-4-7)8(11)5-10;1-3-8-5(7)4(6)9-2;2*1-2(3)4;;/h3-7H,2H2,1H3,(H,14,15);1-4H,5,10H2;6H,1,3H2,2H3;2*1H3,(H,3,4);1H;/q;;+1;;;;+1/p-1. The fourth-order valence-electron chi connectivity index (χ4n) is 2.40. The molecule has 0 saturated carbocycles. The Balaban J connectivity index is -0.000000270. The number of ketones is 1. The van der Waals surface area contributed by atoms with Gasteiger partial charge in [0.25, 0.3) is 5.97 Å². The number of nitrogens with zero attached hydrogens (tertiary/aromatic N) is 1. The van der Waals surface area contributed by atoms with Crippen molar-refractivity contribution in [2.24, 2.45) is 5.73 Å². The quantitative estimate of drug-likeness (QED) is 0.0694. The summed E-state index contributed by atoms with van der Waals surface area (Å²) in [5, 5.41) is 23.1. The van der Waals surface area contributed by atoms with Crippen LogP contribution in [0.25, 0.3) is 11.3 Å². The second kappa shape index (κ2) is 30.6. The number of carboxylic acids is 2. The third kappa shape index (κ3) is 27.0. The van der Waals surface area contributed by atoms with Gasteiger partial charge in [-0.15, -0.1) is 24.2 Å².